The summed E-state index contributed by atoms with van der Waals surface area (Å²) in [5.74, 6) is 0. The van der Waals surface area contributed by atoms with Crippen LogP contribution in [0.25, 0.3) is 0 Å². The number of urea groups is 1. The van der Waals surface area contributed by atoms with E-state index in [0.29, 0.717) is 0 Å². The van der Waals surface area contributed by atoms with E-state index in [4.69, 9.17) is 0 Å². The number of hydrogen-bond donors (Lipinski definition) is 2. The molecule has 26 heavy (non-hydrogen) atoms. The van der Waals surface area contributed by atoms with E-state index in [-0.39, 0.29) is 6.03 Å². The van der Waals surface area contributed by atoms with Crippen molar-refractivity contribution in [2.75, 3.05) is 13.1 Å². The van der Waals surface area contributed by atoms with Crippen molar-refractivity contribution in [1.82, 2.24) is 10.6 Å². The average Bonchev–Trinajstić information content (AvgIpc) is 2.64. The van der Waals surface area contributed by atoms with Crippen LogP contribution in [-0.4, -0.2) is 19.1 Å². The molecule has 0 bridgehead atoms. The van der Waals surface area contributed by atoms with Crippen LogP contribution in [0, 0.1) is 0 Å². The van der Waals surface area contributed by atoms with Crippen molar-refractivity contribution < 1.29 is 4.79 Å². The van der Waals surface area contributed by atoms with Crippen LogP contribution in [0.2, 0.25) is 0 Å². The number of carbonyl (C=O) groups is 1. The molecule has 0 fully saturated rings. The third-order valence-electron chi connectivity index (χ3n) is 4.79. The molecule has 0 unspecified atom stereocenters. The molecule has 0 aromatic rings. The van der Waals surface area contributed by atoms with Crippen LogP contribution >= 0.6 is 0 Å². The van der Waals surface area contributed by atoms with Gasteiger partial charge in [-0.3, -0.25) is 0 Å². The van der Waals surface area contributed by atoms with Gasteiger partial charge in [0.1, 0.15) is 0 Å². The lowest BCUT2D eigenvalue weighted by Gasteiger charge is -2.06. The molecule has 2 amide bonds. The minimum Gasteiger partial charge on any atom is -0.338 e. The summed E-state index contributed by atoms with van der Waals surface area (Å²) in [5.41, 5.74) is 0. The zero-order chi connectivity index (χ0) is 19.1. The molecule has 3 nitrogen and oxygen atoms in total. The van der Waals surface area contributed by atoms with Gasteiger partial charge in [0.25, 0.3) is 0 Å². The molecule has 0 spiro atoms. The highest BCUT2D eigenvalue weighted by atomic mass is 16.2. The van der Waals surface area contributed by atoms with Crippen LogP contribution in [0.5, 0.6) is 0 Å². The Hall–Kier alpha value is -0.990. The second-order valence-electron chi connectivity index (χ2n) is 7.47. The van der Waals surface area contributed by atoms with Crippen molar-refractivity contribution in [3.8, 4) is 0 Å². The molecule has 2 N–H and O–H groups in total. The summed E-state index contributed by atoms with van der Waals surface area (Å²) in [7, 11) is 0. The average molecular weight is 367 g/mol. The van der Waals surface area contributed by atoms with Crippen LogP contribution in [0.3, 0.4) is 0 Å². The summed E-state index contributed by atoms with van der Waals surface area (Å²) in [6.45, 7) is 6.00. The minimum absolute atomic E-state index is 0.00815. The van der Waals surface area contributed by atoms with Gasteiger partial charge in [0.2, 0.25) is 0 Å². The molecule has 0 saturated heterocycles. The van der Waals surface area contributed by atoms with Gasteiger partial charge < -0.3 is 10.6 Å². The third kappa shape index (κ3) is 21.1. The van der Waals surface area contributed by atoms with Gasteiger partial charge in [0.05, 0.1) is 0 Å². The van der Waals surface area contributed by atoms with Gasteiger partial charge in [-0.1, -0.05) is 90.2 Å². The highest BCUT2D eigenvalue weighted by molar-refractivity contribution is 5.73. The van der Waals surface area contributed by atoms with E-state index in [0.717, 1.165) is 32.4 Å². The first kappa shape index (κ1) is 25.0. The summed E-state index contributed by atoms with van der Waals surface area (Å²) < 4.78 is 0. The predicted molar refractivity (Wildman–Crippen MR) is 116 cm³/mol. The molecule has 0 aliphatic heterocycles. The second kappa shape index (κ2) is 22.1. The maximum atomic E-state index is 11.4. The van der Waals surface area contributed by atoms with E-state index in [1.165, 1.54) is 83.5 Å². The molecule has 0 aromatic carbocycles. The zero-order valence-corrected chi connectivity index (χ0v) is 17.8. The number of unbranched alkanes of at least 4 members (excludes halogenated alkanes) is 13. The van der Waals surface area contributed by atoms with Crippen LogP contribution < -0.4 is 10.6 Å². The van der Waals surface area contributed by atoms with E-state index >= 15 is 0 Å². The molecule has 0 rings (SSSR count). The lowest BCUT2D eigenvalue weighted by Crippen LogP contribution is -2.36. The van der Waals surface area contributed by atoms with Gasteiger partial charge in [-0.2, -0.15) is 0 Å². The summed E-state index contributed by atoms with van der Waals surface area (Å²) in [5, 5.41) is 5.81. The van der Waals surface area contributed by atoms with Crippen molar-refractivity contribution in [2.24, 2.45) is 0 Å². The summed E-state index contributed by atoms with van der Waals surface area (Å²) in [6, 6.07) is -0.00815. The molecular formula is C23H46N2O. The van der Waals surface area contributed by atoms with Crippen LogP contribution in [0.4, 0.5) is 4.79 Å². The Balaban J connectivity index is 3.14. The van der Waals surface area contributed by atoms with Crippen molar-refractivity contribution in [3.05, 3.63) is 12.2 Å². The molecule has 154 valence electrons. The highest BCUT2D eigenvalue weighted by Gasteiger charge is 1.97. The number of hydrogen-bond acceptors (Lipinski definition) is 1. The Kier molecular flexibility index (Phi) is 21.2. The number of allylic oxidation sites excluding steroid dienone is 2. The van der Waals surface area contributed by atoms with E-state index in [1.54, 1.807) is 0 Å². The lowest BCUT2D eigenvalue weighted by molar-refractivity contribution is 0.240. The Morgan fingerprint density at radius 3 is 1.54 bits per heavy atom. The van der Waals surface area contributed by atoms with Gasteiger partial charge in [-0.15, -0.1) is 0 Å². The van der Waals surface area contributed by atoms with Crippen molar-refractivity contribution >= 4 is 6.03 Å². The Bertz CT molecular complexity index is 315. The molecular weight excluding hydrogens is 320 g/mol. The molecule has 3 heteroatoms. The molecule has 0 heterocycles. The predicted octanol–water partition coefficient (Wildman–Crippen LogP) is 7.12. The van der Waals surface area contributed by atoms with Crippen LogP contribution in [0.1, 0.15) is 117 Å². The fourth-order valence-corrected chi connectivity index (χ4v) is 3.02. The van der Waals surface area contributed by atoms with Gasteiger partial charge in [-0.25, -0.2) is 4.79 Å². The number of carbonyl (C=O) groups excluding carboxylic acids is 1. The van der Waals surface area contributed by atoms with E-state index in [1.807, 2.05) is 0 Å². The first-order valence-electron chi connectivity index (χ1n) is 11.5. The van der Waals surface area contributed by atoms with Gasteiger partial charge in [-0.05, 0) is 38.5 Å². The smallest absolute Gasteiger partial charge is 0.314 e. The minimum atomic E-state index is -0.00815. The van der Waals surface area contributed by atoms with E-state index in [2.05, 4.69) is 36.6 Å². The second-order valence-corrected chi connectivity index (χ2v) is 7.47. The van der Waals surface area contributed by atoms with Crippen molar-refractivity contribution in [2.45, 2.75) is 117 Å². The maximum Gasteiger partial charge on any atom is 0.314 e. The summed E-state index contributed by atoms with van der Waals surface area (Å²) >= 11 is 0. The van der Waals surface area contributed by atoms with Gasteiger partial charge in [0.15, 0.2) is 0 Å². The highest BCUT2D eigenvalue weighted by Crippen LogP contribution is 2.09. The van der Waals surface area contributed by atoms with Crippen molar-refractivity contribution in [1.29, 1.82) is 0 Å². The molecule has 0 radical (unpaired) electrons. The van der Waals surface area contributed by atoms with Gasteiger partial charge in [0, 0.05) is 13.1 Å². The Labute approximate surface area is 163 Å². The first-order chi connectivity index (χ1) is 12.8. The SMILES string of the molecule is CCCCCCCCC=CCCCCCCCCNC(=O)NCCCC. The Morgan fingerprint density at radius 1 is 0.577 bits per heavy atom. The summed E-state index contributed by atoms with van der Waals surface area (Å²) in [4.78, 5) is 11.4. The normalized spacial score (nSPS) is 11.2. The quantitative estimate of drug-likeness (QED) is 0.185. The van der Waals surface area contributed by atoms with Crippen LogP contribution in [-0.2, 0) is 0 Å². The monoisotopic (exact) mass is 366 g/mol. The van der Waals surface area contributed by atoms with Crippen molar-refractivity contribution in [3.63, 3.8) is 0 Å². The lowest BCUT2D eigenvalue weighted by atomic mass is 10.1. The van der Waals surface area contributed by atoms with E-state index < -0.39 is 0 Å². The third-order valence-corrected chi connectivity index (χ3v) is 4.79. The first-order valence-corrected chi connectivity index (χ1v) is 11.5. The fraction of sp³-hybridized carbons (Fsp3) is 0.870. The van der Waals surface area contributed by atoms with Crippen LogP contribution in [0.15, 0.2) is 12.2 Å². The number of rotatable bonds is 19. The molecule has 0 atom stereocenters. The largest absolute Gasteiger partial charge is 0.338 e. The molecule has 0 saturated carbocycles. The maximum absolute atomic E-state index is 11.4. The number of nitrogens with one attached hydrogen (secondary N) is 2. The standard InChI is InChI=1S/C23H46N2O/c1-3-5-7-8-9-10-11-12-13-14-15-16-17-18-19-20-22-25-23(26)24-21-6-4-2/h12-13H,3-11,14-22H2,1-2H3,(H2,24,25,26). The fourth-order valence-electron chi connectivity index (χ4n) is 3.02. The molecule has 0 aliphatic rings. The Morgan fingerprint density at radius 2 is 1.00 bits per heavy atom. The summed E-state index contributed by atoms with van der Waals surface area (Å²) in [6.07, 6.45) is 25.4. The van der Waals surface area contributed by atoms with Gasteiger partial charge >= 0.3 is 6.03 Å². The zero-order valence-electron chi connectivity index (χ0n) is 17.8. The van der Waals surface area contributed by atoms with E-state index in [9.17, 15) is 4.79 Å². The molecule has 0 aromatic heterocycles. The number of amides is 2. The molecule has 0 aliphatic carbocycles. The topological polar surface area (TPSA) is 41.1 Å².